The molecule has 0 bridgehead atoms. The van der Waals surface area contributed by atoms with Gasteiger partial charge in [0.05, 0.1) is 0 Å². The molecule has 0 saturated heterocycles. The molecule has 1 rings (SSSR count). The Morgan fingerprint density at radius 3 is 1.90 bits per heavy atom. The number of hydrogen-bond acceptors (Lipinski definition) is 2. The fourth-order valence-corrected chi connectivity index (χ4v) is 1.00. The molecule has 0 N–H and O–H groups in total. The van der Waals surface area contributed by atoms with Crippen molar-refractivity contribution in [1.29, 1.82) is 0 Å². The third kappa shape index (κ3) is 7.48. The van der Waals surface area contributed by atoms with Crippen molar-refractivity contribution < 1.29 is 28.8 Å². The summed E-state index contributed by atoms with van der Waals surface area (Å²) in [6.07, 6.45) is 7.64. The number of allylic oxidation sites excluding steroid dienone is 4. The van der Waals surface area contributed by atoms with Crippen LogP contribution in [-0.4, -0.2) is 13.6 Å². The van der Waals surface area contributed by atoms with Crippen LogP contribution in [0.3, 0.4) is 0 Å². The van der Waals surface area contributed by atoms with Crippen molar-refractivity contribution in [3.8, 4) is 0 Å². The van der Waals surface area contributed by atoms with Crippen molar-refractivity contribution in [2.24, 2.45) is 0 Å². The van der Waals surface area contributed by atoms with E-state index in [1.54, 1.807) is 19.2 Å². The average Bonchev–Trinajstić information content (AvgIpc) is 2.48. The average molecular weight is 307 g/mol. The predicted molar refractivity (Wildman–Crippen MR) is 33.2 cm³/mol. The first-order valence-corrected chi connectivity index (χ1v) is 3.67. The van der Waals surface area contributed by atoms with Gasteiger partial charge in [0, 0.05) is 0 Å². The van der Waals surface area contributed by atoms with Crippen molar-refractivity contribution in [2.75, 3.05) is 0 Å². The predicted octanol–water partition coefficient (Wildman–Crippen LogP) is 0.583. The van der Waals surface area contributed by atoms with Gasteiger partial charge in [0.15, 0.2) is 0 Å². The molecule has 52 valence electrons. The van der Waals surface area contributed by atoms with E-state index in [0.29, 0.717) is 0 Å². The standard InChI is InChI=1S/C5H5.2CO.Re/c1-2-4-5-3-1;2*1-2;/h1-3H,4H2;;;. The third-order valence-electron chi connectivity index (χ3n) is 0.726. The Morgan fingerprint density at radius 1 is 1.30 bits per heavy atom. The zero-order chi connectivity index (χ0) is 8.41. The second-order valence-electron chi connectivity index (χ2n) is 1.25. The van der Waals surface area contributed by atoms with E-state index < -0.39 is 0 Å². The molecule has 0 atom stereocenters. The van der Waals surface area contributed by atoms with Crippen LogP contribution in [0.1, 0.15) is 6.42 Å². The minimum absolute atomic E-state index is 1.19. The molecule has 0 aliphatic heterocycles. The molecule has 0 heterocycles. The van der Waals surface area contributed by atoms with E-state index in [9.17, 15) is 0 Å². The second-order valence-corrected chi connectivity index (χ2v) is 2.99. The summed E-state index contributed by atoms with van der Waals surface area (Å²) in [6, 6.07) is 0. The van der Waals surface area contributed by atoms with Crippen LogP contribution in [-0.2, 0) is 28.8 Å². The SMILES string of the molecule is [C]=O.[C]=O.[Re][C]1=CC=CC1. The van der Waals surface area contributed by atoms with Gasteiger partial charge in [-0.05, 0) is 0 Å². The van der Waals surface area contributed by atoms with Crippen LogP contribution < -0.4 is 0 Å². The van der Waals surface area contributed by atoms with E-state index in [0.717, 1.165) is 0 Å². The molecule has 3 heteroatoms. The molecule has 0 saturated carbocycles. The van der Waals surface area contributed by atoms with Gasteiger partial charge >= 0.3 is 47.9 Å². The van der Waals surface area contributed by atoms with E-state index in [1.165, 1.54) is 10.5 Å². The summed E-state index contributed by atoms with van der Waals surface area (Å²) in [5.41, 5.74) is 0. The Kier molecular flexibility index (Phi) is 13.8. The zero-order valence-corrected chi connectivity index (χ0v) is 7.85. The van der Waals surface area contributed by atoms with E-state index >= 15 is 0 Å². The first kappa shape index (κ1) is 12.2. The van der Waals surface area contributed by atoms with Gasteiger partial charge in [-0.15, -0.1) is 0 Å². The Labute approximate surface area is 71.4 Å². The van der Waals surface area contributed by atoms with E-state index in [-0.39, 0.29) is 0 Å². The van der Waals surface area contributed by atoms with Crippen molar-refractivity contribution >= 4 is 13.6 Å². The summed E-state index contributed by atoms with van der Waals surface area (Å²) in [7, 11) is 0. The molecule has 10 heavy (non-hydrogen) atoms. The fraction of sp³-hybridized carbons (Fsp3) is 0.143. The van der Waals surface area contributed by atoms with Gasteiger partial charge in [-0.3, -0.25) is 9.59 Å². The van der Waals surface area contributed by atoms with Crippen molar-refractivity contribution in [3.63, 3.8) is 0 Å². The zero-order valence-electron chi connectivity index (χ0n) is 5.13. The molecular formula is C7H5O2Re. The molecular weight excluding hydrogens is 302 g/mol. The van der Waals surface area contributed by atoms with Gasteiger partial charge in [0.2, 0.25) is 0 Å². The van der Waals surface area contributed by atoms with E-state index in [1.807, 2.05) is 0 Å². The van der Waals surface area contributed by atoms with Crippen LogP contribution in [0.4, 0.5) is 0 Å². The molecule has 4 radical (unpaired) electrons. The van der Waals surface area contributed by atoms with Gasteiger partial charge in [0.1, 0.15) is 0 Å². The summed E-state index contributed by atoms with van der Waals surface area (Å²) < 4.78 is 1.52. The molecule has 0 aromatic heterocycles. The van der Waals surface area contributed by atoms with Gasteiger partial charge in [0.25, 0.3) is 13.6 Å². The first-order chi connectivity index (χ1) is 4.89. The van der Waals surface area contributed by atoms with Crippen LogP contribution in [0.5, 0.6) is 0 Å². The Bertz CT molecular complexity index is 128. The summed E-state index contributed by atoms with van der Waals surface area (Å²) in [5, 5.41) is 0. The van der Waals surface area contributed by atoms with Crippen molar-refractivity contribution in [1.82, 2.24) is 0 Å². The number of carbonyl (C=O) groups excluding carboxylic acids is 2. The van der Waals surface area contributed by atoms with Gasteiger partial charge in [-0.25, -0.2) is 0 Å². The topological polar surface area (TPSA) is 34.1 Å². The van der Waals surface area contributed by atoms with Crippen LogP contribution in [0.2, 0.25) is 0 Å². The van der Waals surface area contributed by atoms with E-state index in [2.05, 4.69) is 31.8 Å². The second kappa shape index (κ2) is 11.3. The van der Waals surface area contributed by atoms with Crippen LogP contribution in [0.25, 0.3) is 0 Å². The van der Waals surface area contributed by atoms with Crippen molar-refractivity contribution in [2.45, 2.75) is 6.42 Å². The summed E-state index contributed by atoms with van der Waals surface area (Å²) >= 11 is 1.78. The van der Waals surface area contributed by atoms with Crippen LogP contribution >= 0.6 is 0 Å². The molecule has 0 aromatic rings. The molecule has 0 fully saturated rings. The Balaban J connectivity index is 0. The molecule has 2 nitrogen and oxygen atoms in total. The first-order valence-electron chi connectivity index (χ1n) is 2.31. The molecule has 0 spiro atoms. The molecule has 1 aliphatic rings. The Morgan fingerprint density at radius 2 is 1.80 bits per heavy atom. The van der Waals surface area contributed by atoms with Crippen LogP contribution in [0, 0.1) is 0 Å². The Hall–Kier alpha value is -0.518. The minimum atomic E-state index is 1.19. The fourth-order valence-electron chi connectivity index (χ4n) is 0.421. The quantitative estimate of drug-likeness (QED) is 0.656. The summed E-state index contributed by atoms with van der Waals surface area (Å²) in [5.74, 6) is 0. The number of rotatable bonds is 0. The maximum atomic E-state index is 7.50. The monoisotopic (exact) mass is 308 g/mol. The summed E-state index contributed by atoms with van der Waals surface area (Å²) in [6.45, 7) is 9.00. The molecule has 0 unspecified atom stereocenters. The number of hydrogen-bond donors (Lipinski definition) is 0. The van der Waals surface area contributed by atoms with Gasteiger partial charge in [-0.2, -0.15) is 0 Å². The normalized spacial score (nSPS) is 11.9. The maximum absolute atomic E-state index is 7.50. The third-order valence-corrected chi connectivity index (χ3v) is 1.73. The van der Waals surface area contributed by atoms with Gasteiger partial charge in [-0.1, -0.05) is 0 Å². The molecule has 1 aliphatic carbocycles. The van der Waals surface area contributed by atoms with Gasteiger partial charge < -0.3 is 0 Å². The molecule has 0 amide bonds. The van der Waals surface area contributed by atoms with Crippen LogP contribution in [0.15, 0.2) is 22.3 Å². The van der Waals surface area contributed by atoms with Crippen molar-refractivity contribution in [3.05, 3.63) is 22.3 Å². The molecule has 0 aromatic carbocycles. The van der Waals surface area contributed by atoms with E-state index in [4.69, 9.17) is 9.59 Å². The summed E-state index contributed by atoms with van der Waals surface area (Å²) in [4.78, 5) is 15.0.